The Labute approximate surface area is 107 Å². The van der Waals surface area contributed by atoms with Crippen molar-refractivity contribution in [3.63, 3.8) is 0 Å². The Balaban J connectivity index is 2.34. The van der Waals surface area contributed by atoms with Crippen LogP contribution in [0, 0.1) is 0 Å². The summed E-state index contributed by atoms with van der Waals surface area (Å²) in [6, 6.07) is 5.16. The van der Waals surface area contributed by atoms with Crippen molar-refractivity contribution in [3.8, 4) is 5.75 Å². The van der Waals surface area contributed by atoms with Crippen molar-refractivity contribution in [2.75, 3.05) is 19.7 Å². The maximum absolute atomic E-state index is 11.5. The lowest BCUT2D eigenvalue weighted by Crippen LogP contribution is -2.33. The smallest absolute Gasteiger partial charge is 0.325 e. The summed E-state index contributed by atoms with van der Waals surface area (Å²) in [5, 5.41) is 9.43. The normalized spacial score (nSPS) is 15.3. The molecule has 0 aliphatic carbocycles. The molecular formula is C14H19NO3. The van der Waals surface area contributed by atoms with Crippen LogP contribution in [0.15, 0.2) is 18.2 Å². The second-order valence-corrected chi connectivity index (χ2v) is 4.43. The van der Waals surface area contributed by atoms with Gasteiger partial charge in [-0.15, -0.1) is 0 Å². The Morgan fingerprint density at radius 1 is 1.44 bits per heavy atom. The summed E-state index contributed by atoms with van der Waals surface area (Å²) in [7, 11) is 0. The molecule has 0 amide bonds. The van der Waals surface area contributed by atoms with Crippen LogP contribution in [0.5, 0.6) is 5.75 Å². The Morgan fingerprint density at radius 2 is 2.17 bits per heavy atom. The number of carboxylic acids is 1. The van der Waals surface area contributed by atoms with Gasteiger partial charge in [-0.3, -0.25) is 9.69 Å². The third-order valence-electron chi connectivity index (χ3n) is 3.44. The molecule has 1 unspecified atom stereocenters. The highest BCUT2D eigenvalue weighted by Crippen LogP contribution is 2.30. The van der Waals surface area contributed by atoms with Crippen LogP contribution in [-0.4, -0.2) is 35.7 Å². The SMILES string of the molecule is CCN(CC)C(C(=O)O)c1ccc2c(c1)CCO2. The molecule has 0 fully saturated rings. The molecule has 0 bridgehead atoms. The van der Waals surface area contributed by atoms with Crippen molar-refractivity contribution in [1.29, 1.82) is 0 Å². The number of likely N-dealkylation sites (N-methyl/N-ethyl adjacent to an activating group) is 1. The van der Waals surface area contributed by atoms with E-state index < -0.39 is 12.0 Å². The summed E-state index contributed by atoms with van der Waals surface area (Å²) in [4.78, 5) is 13.4. The summed E-state index contributed by atoms with van der Waals surface area (Å²) >= 11 is 0. The van der Waals surface area contributed by atoms with E-state index in [9.17, 15) is 9.90 Å². The minimum Gasteiger partial charge on any atom is -0.493 e. The predicted octanol–water partition coefficient (Wildman–Crippen LogP) is 2.09. The zero-order chi connectivity index (χ0) is 13.1. The molecule has 0 radical (unpaired) electrons. The van der Waals surface area contributed by atoms with Gasteiger partial charge in [0.1, 0.15) is 11.8 Å². The first-order valence-corrected chi connectivity index (χ1v) is 6.39. The van der Waals surface area contributed by atoms with Crippen LogP contribution in [0.25, 0.3) is 0 Å². The number of ether oxygens (including phenoxy) is 1. The van der Waals surface area contributed by atoms with Crippen molar-refractivity contribution in [2.24, 2.45) is 0 Å². The molecule has 4 nitrogen and oxygen atoms in total. The standard InChI is InChI=1S/C14H19NO3/c1-3-15(4-2)13(14(16)17)11-5-6-12-10(9-11)7-8-18-12/h5-6,9,13H,3-4,7-8H2,1-2H3,(H,16,17). The quantitative estimate of drug-likeness (QED) is 0.868. The minimum absolute atomic E-state index is 0.564. The Bertz CT molecular complexity index is 441. The molecule has 1 aromatic rings. The highest BCUT2D eigenvalue weighted by Gasteiger charge is 2.26. The third kappa shape index (κ3) is 2.34. The van der Waals surface area contributed by atoms with E-state index in [0.717, 1.165) is 36.4 Å². The van der Waals surface area contributed by atoms with E-state index in [-0.39, 0.29) is 0 Å². The van der Waals surface area contributed by atoms with Crippen molar-refractivity contribution in [2.45, 2.75) is 26.3 Å². The van der Waals surface area contributed by atoms with Gasteiger partial charge < -0.3 is 9.84 Å². The van der Waals surface area contributed by atoms with Gasteiger partial charge in [-0.05, 0) is 36.3 Å². The van der Waals surface area contributed by atoms with Gasteiger partial charge in [-0.25, -0.2) is 0 Å². The zero-order valence-corrected chi connectivity index (χ0v) is 10.8. The van der Waals surface area contributed by atoms with Crippen LogP contribution in [0.1, 0.15) is 31.0 Å². The molecule has 1 N–H and O–H groups in total. The van der Waals surface area contributed by atoms with E-state index >= 15 is 0 Å². The molecule has 2 rings (SSSR count). The first-order valence-electron chi connectivity index (χ1n) is 6.39. The lowest BCUT2D eigenvalue weighted by atomic mass is 10.0. The second-order valence-electron chi connectivity index (χ2n) is 4.43. The van der Waals surface area contributed by atoms with Crippen molar-refractivity contribution in [1.82, 2.24) is 4.90 Å². The number of carbonyl (C=O) groups is 1. The molecule has 1 aromatic carbocycles. The third-order valence-corrected chi connectivity index (χ3v) is 3.44. The zero-order valence-electron chi connectivity index (χ0n) is 10.8. The van der Waals surface area contributed by atoms with Crippen LogP contribution in [0.4, 0.5) is 0 Å². The fourth-order valence-electron chi connectivity index (χ4n) is 2.47. The molecule has 4 heteroatoms. The number of benzene rings is 1. The summed E-state index contributed by atoms with van der Waals surface area (Å²) in [5.41, 5.74) is 1.96. The molecular weight excluding hydrogens is 230 g/mol. The van der Waals surface area contributed by atoms with Crippen molar-refractivity contribution >= 4 is 5.97 Å². The van der Waals surface area contributed by atoms with E-state index in [1.807, 2.05) is 36.9 Å². The number of hydrogen-bond donors (Lipinski definition) is 1. The molecule has 1 heterocycles. The lowest BCUT2D eigenvalue weighted by molar-refractivity contribution is -0.143. The highest BCUT2D eigenvalue weighted by atomic mass is 16.5. The van der Waals surface area contributed by atoms with Crippen LogP contribution in [0.3, 0.4) is 0 Å². The Hall–Kier alpha value is -1.55. The summed E-state index contributed by atoms with van der Waals surface area (Å²) < 4.78 is 5.45. The Kier molecular flexibility index (Phi) is 3.87. The largest absolute Gasteiger partial charge is 0.493 e. The summed E-state index contributed by atoms with van der Waals surface area (Å²) in [5.74, 6) is 0.0972. The fraction of sp³-hybridized carbons (Fsp3) is 0.500. The topological polar surface area (TPSA) is 49.8 Å². The number of aliphatic carboxylic acids is 1. The molecule has 18 heavy (non-hydrogen) atoms. The number of hydrogen-bond acceptors (Lipinski definition) is 3. The van der Waals surface area contributed by atoms with Gasteiger partial charge in [-0.2, -0.15) is 0 Å². The fourth-order valence-corrected chi connectivity index (χ4v) is 2.47. The first kappa shape index (κ1) is 12.9. The van der Waals surface area contributed by atoms with Crippen LogP contribution < -0.4 is 4.74 Å². The monoisotopic (exact) mass is 249 g/mol. The first-order chi connectivity index (χ1) is 8.67. The van der Waals surface area contributed by atoms with Gasteiger partial charge in [0.2, 0.25) is 0 Å². The van der Waals surface area contributed by atoms with Crippen LogP contribution in [-0.2, 0) is 11.2 Å². The molecule has 0 saturated carbocycles. The van der Waals surface area contributed by atoms with E-state index in [4.69, 9.17) is 4.74 Å². The van der Waals surface area contributed by atoms with Gasteiger partial charge in [0, 0.05) is 6.42 Å². The maximum atomic E-state index is 11.5. The number of rotatable bonds is 5. The average Bonchev–Trinajstić information content (AvgIpc) is 2.82. The molecule has 1 aliphatic heterocycles. The number of fused-ring (bicyclic) bond motifs is 1. The summed E-state index contributed by atoms with van der Waals surface area (Å²) in [6.45, 7) is 6.11. The molecule has 0 spiro atoms. The molecule has 1 aliphatic rings. The minimum atomic E-state index is -0.794. The average molecular weight is 249 g/mol. The van der Waals surface area contributed by atoms with Crippen LogP contribution in [0.2, 0.25) is 0 Å². The van der Waals surface area contributed by atoms with E-state index in [0.29, 0.717) is 6.61 Å². The van der Waals surface area contributed by atoms with Gasteiger partial charge in [0.25, 0.3) is 0 Å². The van der Waals surface area contributed by atoms with Crippen molar-refractivity contribution < 1.29 is 14.6 Å². The van der Waals surface area contributed by atoms with Crippen LogP contribution >= 0.6 is 0 Å². The van der Waals surface area contributed by atoms with Gasteiger partial charge >= 0.3 is 5.97 Å². The molecule has 0 aromatic heterocycles. The van der Waals surface area contributed by atoms with E-state index in [1.165, 1.54) is 0 Å². The van der Waals surface area contributed by atoms with E-state index in [2.05, 4.69) is 0 Å². The lowest BCUT2D eigenvalue weighted by Gasteiger charge is -2.26. The predicted molar refractivity (Wildman–Crippen MR) is 68.9 cm³/mol. The van der Waals surface area contributed by atoms with Gasteiger partial charge in [0.15, 0.2) is 0 Å². The van der Waals surface area contributed by atoms with E-state index in [1.54, 1.807) is 0 Å². The maximum Gasteiger partial charge on any atom is 0.325 e. The van der Waals surface area contributed by atoms with Crippen molar-refractivity contribution in [3.05, 3.63) is 29.3 Å². The summed E-state index contributed by atoms with van der Waals surface area (Å²) in [6.07, 6.45) is 0.869. The molecule has 0 saturated heterocycles. The Morgan fingerprint density at radius 3 is 2.78 bits per heavy atom. The molecule has 98 valence electrons. The molecule has 1 atom stereocenters. The number of carboxylic acid groups (broad SMARTS) is 1. The van der Waals surface area contributed by atoms with Gasteiger partial charge in [-0.1, -0.05) is 19.9 Å². The highest BCUT2D eigenvalue weighted by molar-refractivity contribution is 5.75. The number of nitrogens with zero attached hydrogens (tertiary/aromatic N) is 1. The second kappa shape index (κ2) is 5.40. The van der Waals surface area contributed by atoms with Gasteiger partial charge in [0.05, 0.1) is 6.61 Å².